The predicted octanol–water partition coefficient (Wildman–Crippen LogP) is 3.33. The molecule has 0 bridgehead atoms. The van der Waals surface area contributed by atoms with E-state index in [-0.39, 0.29) is 0 Å². The first kappa shape index (κ1) is 11.5. The van der Waals surface area contributed by atoms with Crippen LogP contribution in [0.4, 0.5) is 0 Å². The van der Waals surface area contributed by atoms with Crippen LogP contribution >= 0.6 is 15.9 Å². The van der Waals surface area contributed by atoms with E-state index in [2.05, 4.69) is 28.2 Å². The molecule has 1 saturated carbocycles. The zero-order valence-electron chi connectivity index (χ0n) is 8.69. The third kappa shape index (κ3) is 5.02. The van der Waals surface area contributed by atoms with Crippen LogP contribution in [-0.4, -0.2) is 17.9 Å². The molecule has 1 rings (SSSR count). The molecule has 1 fully saturated rings. The summed E-state index contributed by atoms with van der Waals surface area (Å²) in [4.78, 5) is 0. The van der Waals surface area contributed by atoms with E-state index in [9.17, 15) is 0 Å². The average Bonchev–Trinajstić information content (AvgIpc) is 2.17. The molecule has 13 heavy (non-hydrogen) atoms. The predicted molar refractivity (Wildman–Crippen MR) is 62.5 cm³/mol. The van der Waals surface area contributed by atoms with Crippen molar-refractivity contribution in [3.05, 3.63) is 0 Å². The lowest BCUT2D eigenvalue weighted by Gasteiger charge is -2.23. The van der Waals surface area contributed by atoms with Crippen molar-refractivity contribution in [1.82, 2.24) is 5.32 Å². The summed E-state index contributed by atoms with van der Waals surface area (Å²) >= 11 is 3.48. The largest absolute Gasteiger partial charge is 0.314 e. The van der Waals surface area contributed by atoms with E-state index in [1.54, 1.807) is 0 Å². The van der Waals surface area contributed by atoms with Crippen LogP contribution in [0.1, 0.15) is 45.4 Å². The van der Waals surface area contributed by atoms with Gasteiger partial charge in [-0.2, -0.15) is 0 Å². The summed E-state index contributed by atoms with van der Waals surface area (Å²) in [7, 11) is 0. The molecule has 0 aliphatic heterocycles. The van der Waals surface area contributed by atoms with Gasteiger partial charge < -0.3 is 5.32 Å². The summed E-state index contributed by atoms with van der Waals surface area (Å²) in [6.45, 7) is 3.53. The number of hydrogen-bond donors (Lipinski definition) is 1. The molecular weight excluding hydrogens is 226 g/mol. The lowest BCUT2D eigenvalue weighted by atomic mass is 9.89. The minimum Gasteiger partial charge on any atom is -0.314 e. The van der Waals surface area contributed by atoms with Gasteiger partial charge in [0.15, 0.2) is 0 Å². The quantitative estimate of drug-likeness (QED) is 0.736. The third-order valence-electron chi connectivity index (χ3n) is 3.02. The molecule has 1 unspecified atom stereocenters. The maximum atomic E-state index is 3.62. The van der Waals surface area contributed by atoms with Crippen LogP contribution in [0, 0.1) is 5.92 Å². The Bertz CT molecular complexity index is 121. The minimum atomic E-state index is 0.682. The van der Waals surface area contributed by atoms with Crippen molar-refractivity contribution in [3.8, 4) is 0 Å². The summed E-state index contributed by atoms with van der Waals surface area (Å²) < 4.78 is 0. The number of hydrogen-bond acceptors (Lipinski definition) is 1. The second-order valence-electron chi connectivity index (χ2n) is 4.29. The summed E-state index contributed by atoms with van der Waals surface area (Å²) in [6, 6.07) is 0.682. The first-order valence-corrected chi connectivity index (χ1v) is 6.74. The molecule has 78 valence electrons. The molecule has 0 amide bonds. The molecule has 2 heteroatoms. The maximum absolute atomic E-state index is 3.62. The van der Waals surface area contributed by atoms with E-state index in [4.69, 9.17) is 0 Å². The van der Waals surface area contributed by atoms with Crippen molar-refractivity contribution >= 4 is 15.9 Å². The van der Waals surface area contributed by atoms with Gasteiger partial charge in [0, 0.05) is 11.4 Å². The van der Waals surface area contributed by atoms with E-state index >= 15 is 0 Å². The highest BCUT2D eigenvalue weighted by Gasteiger charge is 2.13. The van der Waals surface area contributed by atoms with Crippen molar-refractivity contribution < 1.29 is 0 Å². The van der Waals surface area contributed by atoms with Gasteiger partial charge in [-0.1, -0.05) is 35.2 Å². The summed E-state index contributed by atoms with van der Waals surface area (Å²) in [5.41, 5.74) is 0. The molecular formula is C11H22BrN. The second-order valence-corrected chi connectivity index (χ2v) is 5.08. The number of halogens is 1. The van der Waals surface area contributed by atoms with Crippen LogP contribution in [0.5, 0.6) is 0 Å². The van der Waals surface area contributed by atoms with Gasteiger partial charge in [-0.25, -0.2) is 0 Å². The highest BCUT2D eigenvalue weighted by molar-refractivity contribution is 9.09. The van der Waals surface area contributed by atoms with Gasteiger partial charge in [-0.3, -0.25) is 0 Å². The smallest absolute Gasteiger partial charge is 0.00467 e. The Labute approximate surface area is 90.8 Å². The zero-order valence-corrected chi connectivity index (χ0v) is 10.3. The van der Waals surface area contributed by atoms with Crippen LogP contribution < -0.4 is 5.32 Å². The van der Waals surface area contributed by atoms with Crippen molar-refractivity contribution in [2.75, 3.05) is 11.9 Å². The first-order chi connectivity index (χ1) is 6.33. The number of rotatable bonds is 5. The van der Waals surface area contributed by atoms with E-state index in [1.807, 2.05) is 0 Å². The zero-order chi connectivity index (χ0) is 9.52. The van der Waals surface area contributed by atoms with Crippen LogP contribution in [-0.2, 0) is 0 Å². The fraction of sp³-hybridized carbons (Fsp3) is 1.00. The highest BCUT2D eigenvalue weighted by Crippen LogP contribution is 2.22. The molecule has 0 saturated heterocycles. The summed E-state index contributed by atoms with van der Waals surface area (Å²) in [5, 5.41) is 4.74. The number of alkyl halides is 1. The van der Waals surface area contributed by atoms with Crippen LogP contribution in [0.15, 0.2) is 0 Å². The van der Waals surface area contributed by atoms with Crippen molar-refractivity contribution in [2.45, 2.75) is 51.5 Å². The van der Waals surface area contributed by atoms with Gasteiger partial charge in [0.1, 0.15) is 0 Å². The van der Waals surface area contributed by atoms with E-state index in [0.717, 1.165) is 11.2 Å². The van der Waals surface area contributed by atoms with Crippen molar-refractivity contribution in [1.29, 1.82) is 0 Å². The van der Waals surface area contributed by atoms with Crippen molar-refractivity contribution in [3.63, 3.8) is 0 Å². The lowest BCUT2D eigenvalue weighted by Crippen LogP contribution is -2.32. The Morgan fingerprint density at radius 1 is 1.31 bits per heavy atom. The monoisotopic (exact) mass is 247 g/mol. The molecule has 0 aromatic heterocycles. The van der Waals surface area contributed by atoms with Gasteiger partial charge >= 0.3 is 0 Å². The van der Waals surface area contributed by atoms with Gasteiger partial charge in [0.25, 0.3) is 0 Å². The van der Waals surface area contributed by atoms with Gasteiger partial charge in [0.2, 0.25) is 0 Å². The Morgan fingerprint density at radius 3 is 2.62 bits per heavy atom. The van der Waals surface area contributed by atoms with Crippen LogP contribution in [0.2, 0.25) is 0 Å². The Hall–Kier alpha value is 0.440. The molecule has 0 spiro atoms. The lowest BCUT2D eigenvalue weighted by molar-refractivity contribution is 0.329. The maximum Gasteiger partial charge on any atom is 0.00467 e. The molecule has 1 nitrogen and oxygen atoms in total. The van der Waals surface area contributed by atoms with Gasteiger partial charge in [-0.15, -0.1) is 0 Å². The first-order valence-electron chi connectivity index (χ1n) is 5.62. The molecule has 1 aliphatic carbocycles. The van der Waals surface area contributed by atoms with Crippen molar-refractivity contribution in [2.24, 2.45) is 5.92 Å². The number of nitrogens with one attached hydrogen (secondary N) is 1. The van der Waals surface area contributed by atoms with Crippen LogP contribution in [0.3, 0.4) is 0 Å². The third-order valence-corrected chi connectivity index (χ3v) is 3.48. The van der Waals surface area contributed by atoms with Gasteiger partial charge in [-0.05, 0) is 38.6 Å². The fourth-order valence-corrected chi connectivity index (χ4v) is 2.71. The molecule has 0 radical (unpaired) electrons. The molecule has 1 N–H and O–H groups in total. The summed E-state index contributed by atoms with van der Waals surface area (Å²) in [5.74, 6) is 0.964. The minimum absolute atomic E-state index is 0.682. The summed E-state index contributed by atoms with van der Waals surface area (Å²) in [6.07, 6.45) is 8.53. The topological polar surface area (TPSA) is 12.0 Å². The van der Waals surface area contributed by atoms with E-state index in [1.165, 1.54) is 45.1 Å². The average molecular weight is 248 g/mol. The Kier molecular flexibility index (Phi) is 6.05. The molecule has 0 aromatic rings. The molecule has 0 heterocycles. The Morgan fingerprint density at radius 2 is 2.00 bits per heavy atom. The Balaban J connectivity index is 2.03. The van der Waals surface area contributed by atoms with Gasteiger partial charge in [0.05, 0.1) is 0 Å². The van der Waals surface area contributed by atoms with E-state index < -0.39 is 0 Å². The van der Waals surface area contributed by atoms with E-state index in [0.29, 0.717) is 6.04 Å². The highest BCUT2D eigenvalue weighted by atomic mass is 79.9. The van der Waals surface area contributed by atoms with Crippen LogP contribution in [0.25, 0.3) is 0 Å². The molecule has 1 atom stereocenters. The normalized spacial score (nSPS) is 21.7. The molecule has 0 aromatic carbocycles. The fourth-order valence-electron chi connectivity index (χ4n) is 2.02. The standard InChI is InChI=1S/C11H22BrN/c1-10(7-8-12)13-9-11-5-3-2-4-6-11/h10-11,13H,2-9H2,1H3. The SMILES string of the molecule is CC(CCBr)NCC1CCCCC1. The molecule has 1 aliphatic rings. The second kappa shape index (κ2) is 6.83.